The first-order chi connectivity index (χ1) is 11.2. The molecule has 0 radical (unpaired) electrons. The second-order valence-corrected chi connectivity index (χ2v) is 5.22. The third kappa shape index (κ3) is 4.48. The summed E-state index contributed by atoms with van der Waals surface area (Å²) in [5.74, 6) is -0.614. The Morgan fingerprint density at radius 2 is 1.92 bits per heavy atom. The van der Waals surface area contributed by atoms with Gasteiger partial charge in [0.1, 0.15) is 11.3 Å². The van der Waals surface area contributed by atoms with Crippen molar-refractivity contribution in [3.8, 4) is 11.6 Å². The first-order valence-corrected chi connectivity index (χ1v) is 6.91. The van der Waals surface area contributed by atoms with Gasteiger partial charge in [0, 0.05) is 25.8 Å². The molecule has 0 fully saturated rings. The molecule has 0 aliphatic heterocycles. The SMILES string of the molecule is CN(C)C(=O)Nc1ccc(Oc2ccc(Cl)nn2)c(C(F)(F)F)c1. The highest BCUT2D eigenvalue weighted by atomic mass is 35.5. The Kier molecular flexibility index (Phi) is 5.13. The maximum Gasteiger partial charge on any atom is 0.420 e. The molecule has 0 atom stereocenters. The van der Waals surface area contributed by atoms with E-state index in [0.717, 1.165) is 12.1 Å². The normalized spacial score (nSPS) is 11.1. The molecule has 0 spiro atoms. The van der Waals surface area contributed by atoms with E-state index in [-0.39, 0.29) is 16.7 Å². The highest BCUT2D eigenvalue weighted by Crippen LogP contribution is 2.39. The lowest BCUT2D eigenvalue weighted by atomic mass is 10.1. The van der Waals surface area contributed by atoms with Crippen molar-refractivity contribution in [2.24, 2.45) is 0 Å². The molecule has 2 rings (SSSR count). The van der Waals surface area contributed by atoms with E-state index in [9.17, 15) is 18.0 Å². The van der Waals surface area contributed by atoms with Crippen LogP contribution in [-0.2, 0) is 6.18 Å². The fourth-order valence-electron chi connectivity index (χ4n) is 1.62. The maximum absolute atomic E-state index is 13.2. The fourth-order valence-corrected chi connectivity index (χ4v) is 1.73. The minimum Gasteiger partial charge on any atom is -0.437 e. The van der Waals surface area contributed by atoms with Gasteiger partial charge in [0.25, 0.3) is 0 Å². The van der Waals surface area contributed by atoms with Crippen molar-refractivity contribution in [2.75, 3.05) is 19.4 Å². The van der Waals surface area contributed by atoms with E-state index < -0.39 is 23.5 Å². The molecule has 6 nitrogen and oxygen atoms in total. The van der Waals surface area contributed by atoms with Crippen molar-refractivity contribution < 1.29 is 22.7 Å². The van der Waals surface area contributed by atoms with Gasteiger partial charge in [-0.1, -0.05) is 11.6 Å². The number of nitrogens with one attached hydrogen (secondary N) is 1. The average molecular weight is 361 g/mol. The summed E-state index contributed by atoms with van der Waals surface area (Å²) in [4.78, 5) is 12.7. The maximum atomic E-state index is 13.2. The van der Waals surface area contributed by atoms with Crippen molar-refractivity contribution in [1.82, 2.24) is 15.1 Å². The molecule has 1 N–H and O–H groups in total. The zero-order valence-electron chi connectivity index (χ0n) is 12.6. The lowest BCUT2D eigenvalue weighted by Gasteiger charge is -2.16. The van der Waals surface area contributed by atoms with Crippen LogP contribution in [-0.4, -0.2) is 35.2 Å². The Labute approximate surface area is 140 Å². The van der Waals surface area contributed by atoms with Gasteiger partial charge in [-0.15, -0.1) is 10.2 Å². The molecule has 1 aromatic heterocycles. The predicted molar refractivity (Wildman–Crippen MR) is 81.3 cm³/mol. The van der Waals surface area contributed by atoms with Crippen LogP contribution in [0.1, 0.15) is 5.56 Å². The minimum atomic E-state index is -4.69. The minimum absolute atomic E-state index is 0.0180. The standard InChI is InChI=1S/C14H12ClF3N4O2/c1-22(2)13(23)19-8-3-4-10(9(7-8)14(16,17)18)24-12-6-5-11(15)20-21-12/h3-7H,1-2H3,(H,19,23). The van der Waals surface area contributed by atoms with E-state index in [1.807, 2.05) is 0 Å². The molecular formula is C14H12ClF3N4O2. The molecule has 10 heteroatoms. The molecule has 0 saturated heterocycles. The first kappa shape index (κ1) is 17.8. The number of urea groups is 1. The summed E-state index contributed by atoms with van der Waals surface area (Å²) in [5, 5.41) is 9.45. The first-order valence-electron chi connectivity index (χ1n) is 6.53. The van der Waals surface area contributed by atoms with Gasteiger partial charge in [-0.05, 0) is 24.3 Å². The number of aromatic nitrogens is 2. The molecule has 0 aliphatic carbocycles. The number of nitrogens with zero attached hydrogens (tertiary/aromatic N) is 3. The molecule has 128 valence electrons. The number of halogens is 4. The van der Waals surface area contributed by atoms with Gasteiger partial charge in [0.15, 0.2) is 5.15 Å². The Morgan fingerprint density at radius 1 is 1.21 bits per heavy atom. The van der Waals surface area contributed by atoms with Gasteiger partial charge in [0.05, 0.1) is 0 Å². The van der Waals surface area contributed by atoms with Crippen LogP contribution in [0.25, 0.3) is 0 Å². The number of carbonyl (C=O) groups is 1. The molecular weight excluding hydrogens is 349 g/mol. The van der Waals surface area contributed by atoms with E-state index in [1.165, 1.54) is 37.2 Å². The quantitative estimate of drug-likeness (QED) is 0.897. The number of carbonyl (C=O) groups excluding carboxylic acids is 1. The number of benzene rings is 1. The van der Waals surface area contributed by atoms with Crippen LogP contribution < -0.4 is 10.1 Å². The Balaban J connectivity index is 2.33. The average Bonchev–Trinajstić information content (AvgIpc) is 2.49. The number of hydrogen-bond acceptors (Lipinski definition) is 4. The van der Waals surface area contributed by atoms with E-state index in [4.69, 9.17) is 16.3 Å². The number of rotatable bonds is 3. The van der Waals surface area contributed by atoms with Gasteiger partial charge in [-0.3, -0.25) is 0 Å². The summed E-state index contributed by atoms with van der Waals surface area (Å²) in [7, 11) is 2.94. The van der Waals surface area contributed by atoms with Crippen LogP contribution in [0.2, 0.25) is 5.15 Å². The topological polar surface area (TPSA) is 67.4 Å². The summed E-state index contributed by atoms with van der Waals surface area (Å²) in [5.41, 5.74) is -1.08. The monoisotopic (exact) mass is 360 g/mol. The molecule has 1 aromatic carbocycles. The van der Waals surface area contributed by atoms with Crippen LogP contribution in [0.5, 0.6) is 11.6 Å². The predicted octanol–water partition coefficient (Wildman–Crippen LogP) is 4.03. The third-order valence-corrected chi connectivity index (χ3v) is 2.97. The highest BCUT2D eigenvalue weighted by Gasteiger charge is 2.35. The van der Waals surface area contributed by atoms with Crippen LogP contribution in [0, 0.1) is 0 Å². The van der Waals surface area contributed by atoms with Gasteiger partial charge in [-0.25, -0.2) is 4.79 Å². The molecule has 0 bridgehead atoms. The summed E-state index contributed by atoms with van der Waals surface area (Å²) in [6.45, 7) is 0. The van der Waals surface area contributed by atoms with Crippen molar-refractivity contribution in [1.29, 1.82) is 0 Å². The molecule has 1 heterocycles. The Bertz CT molecular complexity index is 736. The highest BCUT2D eigenvalue weighted by molar-refractivity contribution is 6.29. The van der Waals surface area contributed by atoms with Crippen LogP contribution in [0.3, 0.4) is 0 Å². The second-order valence-electron chi connectivity index (χ2n) is 4.83. The summed E-state index contributed by atoms with van der Waals surface area (Å²) < 4.78 is 44.8. The molecule has 0 aliphatic rings. The second kappa shape index (κ2) is 6.91. The van der Waals surface area contributed by atoms with Gasteiger partial charge in [0.2, 0.25) is 5.88 Å². The van der Waals surface area contributed by atoms with Gasteiger partial charge >= 0.3 is 12.2 Å². The fraction of sp³-hybridized carbons (Fsp3) is 0.214. The van der Waals surface area contributed by atoms with E-state index in [1.54, 1.807) is 0 Å². The Hall–Kier alpha value is -2.55. The number of anilines is 1. The third-order valence-electron chi connectivity index (χ3n) is 2.76. The summed E-state index contributed by atoms with van der Waals surface area (Å²) >= 11 is 5.56. The van der Waals surface area contributed by atoms with Gasteiger partial charge < -0.3 is 15.0 Å². The summed E-state index contributed by atoms with van der Waals surface area (Å²) in [6, 6.07) is 5.22. The molecule has 0 saturated carbocycles. The summed E-state index contributed by atoms with van der Waals surface area (Å²) in [6.07, 6.45) is -4.69. The molecule has 2 aromatic rings. The van der Waals surface area contributed by atoms with Crippen molar-refractivity contribution in [3.05, 3.63) is 41.0 Å². The van der Waals surface area contributed by atoms with Crippen LogP contribution in [0.4, 0.5) is 23.7 Å². The number of hydrogen-bond donors (Lipinski definition) is 1. The molecule has 24 heavy (non-hydrogen) atoms. The smallest absolute Gasteiger partial charge is 0.420 e. The van der Waals surface area contributed by atoms with Crippen molar-refractivity contribution >= 4 is 23.3 Å². The lowest BCUT2D eigenvalue weighted by Crippen LogP contribution is -2.27. The Morgan fingerprint density at radius 3 is 2.46 bits per heavy atom. The zero-order chi connectivity index (χ0) is 17.9. The van der Waals surface area contributed by atoms with Crippen LogP contribution in [0.15, 0.2) is 30.3 Å². The lowest BCUT2D eigenvalue weighted by molar-refractivity contribution is -0.138. The number of amides is 2. The van der Waals surface area contributed by atoms with Gasteiger partial charge in [-0.2, -0.15) is 13.2 Å². The number of alkyl halides is 3. The number of ether oxygens (including phenoxy) is 1. The van der Waals surface area contributed by atoms with E-state index in [0.29, 0.717) is 0 Å². The van der Waals surface area contributed by atoms with E-state index >= 15 is 0 Å². The van der Waals surface area contributed by atoms with Crippen molar-refractivity contribution in [3.63, 3.8) is 0 Å². The van der Waals surface area contributed by atoms with Crippen LogP contribution >= 0.6 is 11.6 Å². The molecule has 2 amide bonds. The zero-order valence-corrected chi connectivity index (χ0v) is 13.3. The van der Waals surface area contributed by atoms with E-state index in [2.05, 4.69) is 15.5 Å². The van der Waals surface area contributed by atoms with Crippen molar-refractivity contribution in [2.45, 2.75) is 6.18 Å². The largest absolute Gasteiger partial charge is 0.437 e. The molecule has 0 unspecified atom stereocenters.